The van der Waals surface area contributed by atoms with Crippen molar-refractivity contribution in [2.75, 3.05) is 13.1 Å². The van der Waals surface area contributed by atoms with Crippen molar-refractivity contribution in [2.24, 2.45) is 5.92 Å². The molecule has 1 aliphatic carbocycles. The summed E-state index contributed by atoms with van der Waals surface area (Å²) >= 11 is 0. The van der Waals surface area contributed by atoms with Crippen LogP contribution in [-0.2, 0) is 9.59 Å². The number of hydrogen-bond acceptors (Lipinski definition) is 3. The molecule has 0 aromatic heterocycles. The van der Waals surface area contributed by atoms with Gasteiger partial charge in [0.05, 0.1) is 6.54 Å². The third-order valence-corrected chi connectivity index (χ3v) is 3.61. The fraction of sp³-hybridized carbons (Fsp3) is 0.833. The summed E-state index contributed by atoms with van der Waals surface area (Å²) in [5, 5.41) is 8.72. The summed E-state index contributed by atoms with van der Waals surface area (Å²) in [5.41, 5.74) is 0. The second-order valence-electron chi connectivity index (χ2n) is 5.21. The number of piperazine rings is 1. The van der Waals surface area contributed by atoms with Gasteiger partial charge in [-0.1, -0.05) is 19.8 Å². The van der Waals surface area contributed by atoms with Gasteiger partial charge in [0, 0.05) is 12.6 Å². The lowest BCUT2D eigenvalue weighted by molar-refractivity contribution is -0.127. The molecule has 1 saturated carbocycles. The van der Waals surface area contributed by atoms with Crippen LogP contribution in [0.4, 0.5) is 0 Å². The Kier molecular flexibility index (Phi) is 3.99. The van der Waals surface area contributed by atoms with Crippen LogP contribution in [0.15, 0.2) is 0 Å². The minimum atomic E-state index is -0.273. The number of hydrogen-bond donors (Lipinski definition) is 3. The molecule has 0 spiro atoms. The summed E-state index contributed by atoms with van der Waals surface area (Å²) in [5.74, 6) is 0.678. The lowest BCUT2D eigenvalue weighted by Crippen LogP contribution is -2.59. The zero-order valence-corrected chi connectivity index (χ0v) is 10.3. The van der Waals surface area contributed by atoms with Gasteiger partial charge >= 0.3 is 0 Å². The Labute approximate surface area is 102 Å². The van der Waals surface area contributed by atoms with E-state index >= 15 is 0 Å². The van der Waals surface area contributed by atoms with E-state index in [1.165, 1.54) is 12.8 Å². The largest absolute Gasteiger partial charge is 0.353 e. The second-order valence-corrected chi connectivity index (χ2v) is 5.21. The van der Waals surface area contributed by atoms with Crippen LogP contribution in [0.25, 0.3) is 0 Å². The Morgan fingerprint density at radius 1 is 1.41 bits per heavy atom. The summed E-state index contributed by atoms with van der Waals surface area (Å²) in [7, 11) is 0. The Morgan fingerprint density at radius 3 is 2.88 bits per heavy atom. The minimum absolute atomic E-state index is 0.0177. The molecule has 3 atom stereocenters. The van der Waals surface area contributed by atoms with Gasteiger partial charge < -0.3 is 10.6 Å². The van der Waals surface area contributed by atoms with E-state index in [2.05, 4.69) is 22.9 Å². The summed E-state index contributed by atoms with van der Waals surface area (Å²) < 4.78 is 0. The molecule has 17 heavy (non-hydrogen) atoms. The van der Waals surface area contributed by atoms with Gasteiger partial charge in [-0.25, -0.2) is 0 Å². The predicted octanol–water partition coefficient (Wildman–Crippen LogP) is -0.231. The van der Waals surface area contributed by atoms with Crippen molar-refractivity contribution in [3.05, 3.63) is 0 Å². The highest BCUT2D eigenvalue weighted by molar-refractivity contribution is 5.86. The molecular formula is C12H21N3O2. The van der Waals surface area contributed by atoms with Crippen molar-refractivity contribution < 1.29 is 9.59 Å². The van der Waals surface area contributed by atoms with E-state index < -0.39 is 0 Å². The zero-order chi connectivity index (χ0) is 12.3. The van der Waals surface area contributed by atoms with Gasteiger partial charge in [0.1, 0.15) is 6.04 Å². The van der Waals surface area contributed by atoms with Gasteiger partial charge in [0.2, 0.25) is 11.8 Å². The van der Waals surface area contributed by atoms with E-state index in [0.717, 1.165) is 12.8 Å². The average Bonchev–Trinajstić information content (AvgIpc) is 2.29. The molecule has 2 fully saturated rings. The second kappa shape index (κ2) is 5.49. The van der Waals surface area contributed by atoms with Crippen LogP contribution >= 0.6 is 0 Å². The van der Waals surface area contributed by atoms with E-state index in [9.17, 15) is 9.59 Å². The first-order valence-electron chi connectivity index (χ1n) is 6.45. The molecule has 0 radical (unpaired) electrons. The summed E-state index contributed by atoms with van der Waals surface area (Å²) in [6.07, 6.45) is 4.62. The van der Waals surface area contributed by atoms with Crippen molar-refractivity contribution >= 4 is 11.8 Å². The summed E-state index contributed by atoms with van der Waals surface area (Å²) in [6.45, 7) is 2.86. The smallest absolute Gasteiger partial charge is 0.239 e. The van der Waals surface area contributed by atoms with Gasteiger partial charge in [-0.2, -0.15) is 0 Å². The standard InChI is InChI=1S/C12H21N3O2/c1-8-3-2-4-9(5-8)15-12(17)10-6-14-11(16)7-13-10/h8-10,13H,2-7H2,1H3,(H,14,16)(H,15,17). The number of amides is 2. The van der Waals surface area contributed by atoms with E-state index in [0.29, 0.717) is 18.5 Å². The first kappa shape index (κ1) is 12.4. The maximum atomic E-state index is 12.0. The highest BCUT2D eigenvalue weighted by Gasteiger charge is 2.27. The molecule has 1 saturated heterocycles. The Balaban J connectivity index is 1.78. The molecule has 1 heterocycles. The third-order valence-electron chi connectivity index (χ3n) is 3.61. The third kappa shape index (κ3) is 3.43. The predicted molar refractivity (Wildman–Crippen MR) is 64.4 cm³/mol. The van der Waals surface area contributed by atoms with Crippen LogP contribution < -0.4 is 16.0 Å². The number of carbonyl (C=O) groups is 2. The fourth-order valence-corrected chi connectivity index (χ4v) is 2.62. The van der Waals surface area contributed by atoms with Gasteiger partial charge in [0.25, 0.3) is 0 Å². The van der Waals surface area contributed by atoms with Crippen molar-refractivity contribution in [2.45, 2.75) is 44.7 Å². The quantitative estimate of drug-likeness (QED) is 0.623. The van der Waals surface area contributed by atoms with Crippen LogP contribution in [-0.4, -0.2) is 37.0 Å². The molecule has 2 amide bonds. The highest BCUT2D eigenvalue weighted by Crippen LogP contribution is 2.23. The number of nitrogens with one attached hydrogen (secondary N) is 3. The molecule has 3 N–H and O–H groups in total. The molecule has 96 valence electrons. The van der Waals surface area contributed by atoms with Crippen molar-refractivity contribution in [1.29, 1.82) is 0 Å². The molecule has 0 aromatic rings. The monoisotopic (exact) mass is 239 g/mol. The van der Waals surface area contributed by atoms with E-state index in [-0.39, 0.29) is 24.4 Å². The topological polar surface area (TPSA) is 70.2 Å². The normalized spacial score (nSPS) is 33.9. The molecule has 3 unspecified atom stereocenters. The molecule has 5 heteroatoms. The van der Waals surface area contributed by atoms with E-state index in [1.807, 2.05) is 0 Å². The average molecular weight is 239 g/mol. The Hall–Kier alpha value is -1.10. The van der Waals surface area contributed by atoms with Crippen LogP contribution in [0.1, 0.15) is 32.6 Å². The van der Waals surface area contributed by atoms with Crippen LogP contribution in [0.5, 0.6) is 0 Å². The Bertz CT molecular complexity index is 296. The minimum Gasteiger partial charge on any atom is -0.353 e. The SMILES string of the molecule is CC1CCCC(NC(=O)C2CNC(=O)CN2)C1. The van der Waals surface area contributed by atoms with E-state index in [4.69, 9.17) is 0 Å². The van der Waals surface area contributed by atoms with Gasteiger partial charge in [-0.15, -0.1) is 0 Å². The van der Waals surface area contributed by atoms with Gasteiger partial charge in [-0.3, -0.25) is 14.9 Å². The molecule has 0 bridgehead atoms. The maximum Gasteiger partial charge on any atom is 0.239 e. The first-order chi connectivity index (χ1) is 8.15. The highest BCUT2D eigenvalue weighted by atomic mass is 16.2. The number of carbonyl (C=O) groups excluding carboxylic acids is 2. The lowest BCUT2D eigenvalue weighted by Gasteiger charge is -2.30. The lowest BCUT2D eigenvalue weighted by atomic mass is 9.87. The zero-order valence-electron chi connectivity index (χ0n) is 10.3. The summed E-state index contributed by atoms with van der Waals surface area (Å²) in [6, 6.07) is 0.0376. The molecular weight excluding hydrogens is 218 g/mol. The fourth-order valence-electron chi connectivity index (χ4n) is 2.62. The number of rotatable bonds is 2. The van der Waals surface area contributed by atoms with E-state index in [1.54, 1.807) is 0 Å². The molecule has 0 aromatic carbocycles. The van der Waals surface area contributed by atoms with Crippen molar-refractivity contribution in [3.63, 3.8) is 0 Å². The van der Waals surface area contributed by atoms with Crippen LogP contribution in [0, 0.1) is 5.92 Å². The van der Waals surface area contributed by atoms with Crippen LogP contribution in [0.2, 0.25) is 0 Å². The van der Waals surface area contributed by atoms with Gasteiger partial charge in [0.15, 0.2) is 0 Å². The molecule has 2 aliphatic rings. The maximum absolute atomic E-state index is 12.0. The Morgan fingerprint density at radius 2 is 2.24 bits per heavy atom. The molecule has 1 aliphatic heterocycles. The first-order valence-corrected chi connectivity index (χ1v) is 6.45. The van der Waals surface area contributed by atoms with Crippen LogP contribution in [0.3, 0.4) is 0 Å². The molecule has 2 rings (SSSR count). The van der Waals surface area contributed by atoms with Crippen molar-refractivity contribution in [1.82, 2.24) is 16.0 Å². The molecule has 5 nitrogen and oxygen atoms in total. The summed E-state index contributed by atoms with van der Waals surface area (Å²) in [4.78, 5) is 22.9. The van der Waals surface area contributed by atoms with Crippen molar-refractivity contribution in [3.8, 4) is 0 Å². The van der Waals surface area contributed by atoms with Gasteiger partial charge in [-0.05, 0) is 18.8 Å².